The number of carbonyl (C=O) groups is 1. The molecule has 1 aromatic carbocycles. The van der Waals surface area contributed by atoms with Crippen molar-refractivity contribution in [3.05, 3.63) is 29.8 Å². The third-order valence-electron chi connectivity index (χ3n) is 4.28. The van der Waals surface area contributed by atoms with Crippen LogP contribution < -0.4 is 5.32 Å². The highest BCUT2D eigenvalue weighted by Crippen LogP contribution is 2.31. The topological polar surface area (TPSA) is 50.8 Å². The minimum absolute atomic E-state index is 0.0351. The number of halogens is 2. The van der Waals surface area contributed by atoms with Crippen molar-refractivity contribution in [1.82, 2.24) is 4.90 Å². The van der Waals surface area contributed by atoms with E-state index in [0.717, 1.165) is 12.1 Å². The molecule has 1 amide bonds. The third kappa shape index (κ3) is 3.79. The van der Waals surface area contributed by atoms with Gasteiger partial charge in [-0.3, -0.25) is 4.79 Å². The average molecular weight is 326 g/mol. The summed E-state index contributed by atoms with van der Waals surface area (Å²) in [5, 5.41) is 2.93. The molecule has 126 valence electrons. The Morgan fingerprint density at radius 2 is 1.87 bits per heavy atom. The first kappa shape index (κ1) is 16.1. The van der Waals surface area contributed by atoms with E-state index in [1.807, 2.05) is 0 Å². The molecule has 2 aliphatic heterocycles. The summed E-state index contributed by atoms with van der Waals surface area (Å²) in [6, 6.07) is 3.59. The fourth-order valence-electron chi connectivity index (χ4n) is 2.96. The van der Waals surface area contributed by atoms with Crippen molar-refractivity contribution in [3.8, 4) is 0 Å². The van der Waals surface area contributed by atoms with E-state index < -0.39 is 17.4 Å². The van der Waals surface area contributed by atoms with Gasteiger partial charge < -0.3 is 19.7 Å². The number of nitrogens with zero attached hydrogens (tertiary/aromatic N) is 1. The van der Waals surface area contributed by atoms with Crippen LogP contribution in [0.1, 0.15) is 19.3 Å². The summed E-state index contributed by atoms with van der Waals surface area (Å²) in [6.45, 7) is 2.84. The van der Waals surface area contributed by atoms with Crippen molar-refractivity contribution in [2.24, 2.45) is 0 Å². The van der Waals surface area contributed by atoms with Gasteiger partial charge in [-0.25, -0.2) is 8.78 Å². The van der Waals surface area contributed by atoms with Gasteiger partial charge in [0.2, 0.25) is 5.91 Å². The van der Waals surface area contributed by atoms with Gasteiger partial charge in [0.1, 0.15) is 0 Å². The van der Waals surface area contributed by atoms with Crippen LogP contribution in [0.15, 0.2) is 18.2 Å². The molecule has 2 aliphatic rings. The van der Waals surface area contributed by atoms with Crippen molar-refractivity contribution < 1.29 is 23.0 Å². The van der Waals surface area contributed by atoms with E-state index in [1.54, 1.807) is 4.90 Å². The second-order valence-corrected chi connectivity index (χ2v) is 5.79. The molecule has 2 heterocycles. The molecule has 0 radical (unpaired) electrons. The highest BCUT2D eigenvalue weighted by Gasteiger charge is 2.40. The normalized spacial score (nSPS) is 20.0. The van der Waals surface area contributed by atoms with Crippen molar-refractivity contribution in [2.45, 2.75) is 25.0 Å². The zero-order chi connectivity index (χ0) is 16.3. The summed E-state index contributed by atoms with van der Waals surface area (Å²) in [6.07, 6.45) is 1.68. The first-order valence-electron chi connectivity index (χ1n) is 7.83. The number of hydrogen-bond donors (Lipinski definition) is 1. The van der Waals surface area contributed by atoms with E-state index in [1.165, 1.54) is 6.07 Å². The molecular formula is C16H20F2N2O3. The number of nitrogens with one attached hydrogen (secondary N) is 1. The van der Waals surface area contributed by atoms with E-state index >= 15 is 0 Å². The van der Waals surface area contributed by atoms with Crippen LogP contribution in [-0.2, 0) is 14.3 Å². The maximum absolute atomic E-state index is 13.1. The summed E-state index contributed by atoms with van der Waals surface area (Å²) < 4.78 is 37.2. The summed E-state index contributed by atoms with van der Waals surface area (Å²) in [7, 11) is 0. The van der Waals surface area contributed by atoms with Gasteiger partial charge in [-0.2, -0.15) is 0 Å². The van der Waals surface area contributed by atoms with Gasteiger partial charge in [0.05, 0.1) is 13.2 Å². The van der Waals surface area contributed by atoms with E-state index in [0.29, 0.717) is 57.8 Å². The lowest BCUT2D eigenvalue weighted by Gasteiger charge is -2.37. The Morgan fingerprint density at radius 3 is 2.52 bits per heavy atom. The second-order valence-electron chi connectivity index (χ2n) is 5.79. The van der Waals surface area contributed by atoms with Crippen molar-refractivity contribution >= 4 is 11.6 Å². The van der Waals surface area contributed by atoms with Gasteiger partial charge in [-0.05, 0) is 18.2 Å². The van der Waals surface area contributed by atoms with Crippen LogP contribution in [0.3, 0.4) is 0 Å². The molecule has 0 unspecified atom stereocenters. The SMILES string of the molecule is O=C(CCNc1ccc(F)c(F)c1)N1CCC2(CC1)OCCO2. The minimum atomic E-state index is -0.904. The van der Waals surface area contributed by atoms with Crippen LogP contribution in [0, 0.1) is 11.6 Å². The molecule has 1 spiro atoms. The van der Waals surface area contributed by atoms with E-state index in [9.17, 15) is 13.6 Å². The number of hydrogen-bond acceptors (Lipinski definition) is 4. The maximum atomic E-state index is 13.1. The third-order valence-corrected chi connectivity index (χ3v) is 4.28. The largest absolute Gasteiger partial charge is 0.384 e. The number of likely N-dealkylation sites (tertiary alicyclic amines) is 1. The molecule has 0 saturated carbocycles. The Bertz CT molecular complexity index is 566. The Morgan fingerprint density at radius 1 is 1.17 bits per heavy atom. The van der Waals surface area contributed by atoms with Gasteiger partial charge in [0.15, 0.2) is 17.4 Å². The lowest BCUT2D eigenvalue weighted by Crippen LogP contribution is -2.47. The number of piperidine rings is 1. The van der Waals surface area contributed by atoms with Crippen LogP contribution in [0.4, 0.5) is 14.5 Å². The predicted octanol–water partition coefficient (Wildman–Crippen LogP) is 2.13. The van der Waals surface area contributed by atoms with Crippen LogP contribution >= 0.6 is 0 Å². The van der Waals surface area contributed by atoms with Crippen molar-refractivity contribution in [3.63, 3.8) is 0 Å². The molecule has 5 nitrogen and oxygen atoms in total. The molecule has 0 atom stereocenters. The lowest BCUT2D eigenvalue weighted by atomic mass is 10.0. The number of anilines is 1. The van der Waals surface area contributed by atoms with Crippen molar-refractivity contribution in [2.75, 3.05) is 38.2 Å². The molecule has 0 aromatic heterocycles. The van der Waals surface area contributed by atoms with Gasteiger partial charge in [0.25, 0.3) is 0 Å². The summed E-state index contributed by atoms with van der Waals surface area (Å²) >= 11 is 0. The summed E-state index contributed by atoms with van der Waals surface area (Å²) in [5.41, 5.74) is 0.460. The molecule has 23 heavy (non-hydrogen) atoms. The van der Waals surface area contributed by atoms with E-state index in [-0.39, 0.29) is 5.91 Å². The van der Waals surface area contributed by atoms with Crippen LogP contribution in [0.25, 0.3) is 0 Å². The first-order chi connectivity index (χ1) is 11.1. The average Bonchev–Trinajstić information content (AvgIpc) is 2.99. The Hall–Kier alpha value is -1.73. The molecule has 0 bridgehead atoms. The molecule has 7 heteroatoms. The number of ether oxygens (including phenoxy) is 2. The second kappa shape index (κ2) is 6.80. The Kier molecular flexibility index (Phi) is 4.77. The molecule has 2 fully saturated rings. The quantitative estimate of drug-likeness (QED) is 0.921. The van der Waals surface area contributed by atoms with Gasteiger partial charge >= 0.3 is 0 Å². The number of carbonyl (C=O) groups excluding carboxylic acids is 1. The lowest BCUT2D eigenvalue weighted by molar-refractivity contribution is -0.187. The number of rotatable bonds is 4. The number of benzene rings is 1. The highest BCUT2D eigenvalue weighted by atomic mass is 19.2. The fourth-order valence-corrected chi connectivity index (χ4v) is 2.96. The van der Waals surface area contributed by atoms with Crippen LogP contribution in [0.5, 0.6) is 0 Å². The zero-order valence-electron chi connectivity index (χ0n) is 12.8. The predicted molar refractivity (Wildman–Crippen MR) is 79.9 cm³/mol. The molecule has 1 N–H and O–H groups in total. The van der Waals surface area contributed by atoms with Crippen LogP contribution in [-0.4, -0.2) is 49.4 Å². The Balaban J connectivity index is 1.42. The monoisotopic (exact) mass is 326 g/mol. The van der Waals surface area contributed by atoms with E-state index in [4.69, 9.17) is 9.47 Å². The van der Waals surface area contributed by atoms with Gasteiger partial charge in [-0.1, -0.05) is 0 Å². The number of amides is 1. The molecule has 2 saturated heterocycles. The first-order valence-corrected chi connectivity index (χ1v) is 7.83. The smallest absolute Gasteiger partial charge is 0.224 e. The minimum Gasteiger partial charge on any atom is -0.384 e. The van der Waals surface area contributed by atoms with Crippen molar-refractivity contribution in [1.29, 1.82) is 0 Å². The summed E-state index contributed by atoms with van der Waals surface area (Å²) in [5.74, 6) is -2.24. The van der Waals surface area contributed by atoms with Crippen LogP contribution in [0.2, 0.25) is 0 Å². The molecule has 3 rings (SSSR count). The standard InChI is InChI=1S/C16H20F2N2O3/c17-13-2-1-12(11-14(13)18)19-6-3-15(21)20-7-4-16(5-8-20)22-9-10-23-16/h1-2,11,19H,3-10H2. The molecule has 1 aromatic rings. The van der Waals surface area contributed by atoms with Gasteiger partial charge in [0, 0.05) is 44.6 Å². The molecular weight excluding hydrogens is 306 g/mol. The fraction of sp³-hybridized carbons (Fsp3) is 0.562. The van der Waals surface area contributed by atoms with E-state index in [2.05, 4.69) is 5.32 Å². The summed E-state index contributed by atoms with van der Waals surface area (Å²) in [4.78, 5) is 14.0. The molecule has 0 aliphatic carbocycles. The Labute approximate surface area is 133 Å². The van der Waals surface area contributed by atoms with Gasteiger partial charge in [-0.15, -0.1) is 0 Å². The highest BCUT2D eigenvalue weighted by molar-refractivity contribution is 5.76. The zero-order valence-corrected chi connectivity index (χ0v) is 12.8. The maximum Gasteiger partial charge on any atom is 0.224 e.